The Balaban J connectivity index is 1.50. The first-order valence-electron chi connectivity index (χ1n) is 10.9. The quantitative estimate of drug-likeness (QED) is 0.239. The molecule has 35 heavy (non-hydrogen) atoms. The van der Waals surface area contributed by atoms with E-state index in [4.69, 9.17) is 11.5 Å². The molecule has 0 bridgehead atoms. The molecule has 1 unspecified atom stereocenters. The molecule has 7 heteroatoms. The van der Waals surface area contributed by atoms with Crippen LogP contribution in [0.3, 0.4) is 0 Å². The van der Waals surface area contributed by atoms with Crippen molar-refractivity contribution in [3.8, 4) is 11.1 Å². The van der Waals surface area contributed by atoms with Crippen LogP contribution in [0.15, 0.2) is 103 Å². The van der Waals surface area contributed by atoms with Gasteiger partial charge in [0.05, 0.1) is 11.4 Å². The first-order valence-corrected chi connectivity index (χ1v) is 10.9. The summed E-state index contributed by atoms with van der Waals surface area (Å²) in [5.74, 6) is -2.92. The maximum absolute atomic E-state index is 12.9. The number of nitrogens with two attached hydrogens (primary N) is 2. The smallest absolute Gasteiger partial charge is 0.255 e. The van der Waals surface area contributed by atoms with Gasteiger partial charge in [-0.05, 0) is 53.1 Å². The lowest BCUT2D eigenvalue weighted by Crippen LogP contribution is -2.32. The minimum absolute atomic E-state index is 0.338. The number of hydrogen-bond donors (Lipinski definition) is 4. The molecule has 6 N–H and O–H groups in total. The molecule has 3 amide bonds. The standard InChI is InChI=1S/C28H24N4O3/c29-23-16-15-21(18-7-3-1-4-8-18)17-24(23)32-27(34)20-13-11-19(12-14-20)25(26(30)33)28(35)31-22-9-5-2-6-10-22/h1-17,25H,29H2,(H2,30,33)(H,31,35)(H,32,34). The highest BCUT2D eigenvalue weighted by molar-refractivity contribution is 6.11. The van der Waals surface area contributed by atoms with Crippen molar-refractivity contribution in [1.29, 1.82) is 0 Å². The number of carbonyl (C=O) groups excluding carboxylic acids is 3. The average molecular weight is 465 g/mol. The van der Waals surface area contributed by atoms with Crippen molar-refractivity contribution >= 4 is 34.8 Å². The first kappa shape index (κ1) is 23.3. The zero-order chi connectivity index (χ0) is 24.8. The molecule has 0 saturated heterocycles. The Morgan fingerprint density at radius 2 is 1.31 bits per heavy atom. The van der Waals surface area contributed by atoms with E-state index in [1.807, 2.05) is 48.5 Å². The number of rotatable bonds is 7. The summed E-state index contributed by atoms with van der Waals surface area (Å²) in [7, 11) is 0. The van der Waals surface area contributed by atoms with Gasteiger partial charge in [0.2, 0.25) is 11.8 Å². The van der Waals surface area contributed by atoms with Crippen molar-refractivity contribution < 1.29 is 14.4 Å². The second kappa shape index (κ2) is 10.4. The van der Waals surface area contributed by atoms with Crippen molar-refractivity contribution in [3.63, 3.8) is 0 Å². The van der Waals surface area contributed by atoms with Gasteiger partial charge in [0, 0.05) is 11.3 Å². The first-order chi connectivity index (χ1) is 16.9. The normalized spacial score (nSPS) is 11.3. The fourth-order valence-electron chi connectivity index (χ4n) is 3.68. The third-order valence-corrected chi connectivity index (χ3v) is 5.50. The van der Waals surface area contributed by atoms with E-state index < -0.39 is 17.7 Å². The molecule has 7 nitrogen and oxygen atoms in total. The SMILES string of the molecule is NC(=O)C(C(=O)Nc1ccccc1)c1ccc(C(=O)Nc2cc(-c3ccccc3)ccc2N)cc1. The van der Waals surface area contributed by atoms with Crippen LogP contribution in [0.4, 0.5) is 17.1 Å². The van der Waals surface area contributed by atoms with Crippen molar-refractivity contribution in [2.24, 2.45) is 5.73 Å². The zero-order valence-electron chi connectivity index (χ0n) is 18.8. The molecule has 0 heterocycles. The summed E-state index contributed by atoms with van der Waals surface area (Å²) in [5, 5.41) is 5.51. The minimum atomic E-state index is -1.20. The van der Waals surface area contributed by atoms with Crippen LogP contribution in [0.25, 0.3) is 11.1 Å². The molecule has 0 aliphatic rings. The highest BCUT2D eigenvalue weighted by Gasteiger charge is 2.26. The molecule has 0 fully saturated rings. The minimum Gasteiger partial charge on any atom is -0.397 e. The van der Waals surface area contributed by atoms with E-state index in [-0.39, 0.29) is 5.91 Å². The number of para-hydroxylation sites is 1. The van der Waals surface area contributed by atoms with E-state index >= 15 is 0 Å². The van der Waals surface area contributed by atoms with Gasteiger partial charge in [0.25, 0.3) is 5.91 Å². The van der Waals surface area contributed by atoms with Crippen molar-refractivity contribution in [2.45, 2.75) is 5.92 Å². The molecule has 4 rings (SSSR count). The maximum Gasteiger partial charge on any atom is 0.255 e. The molecule has 0 saturated carbocycles. The van der Waals surface area contributed by atoms with E-state index in [2.05, 4.69) is 10.6 Å². The molecule has 0 aliphatic carbocycles. The van der Waals surface area contributed by atoms with Gasteiger partial charge in [0.15, 0.2) is 0 Å². The monoisotopic (exact) mass is 464 g/mol. The van der Waals surface area contributed by atoms with Crippen molar-refractivity contribution in [3.05, 3.63) is 114 Å². The van der Waals surface area contributed by atoms with E-state index in [0.29, 0.717) is 28.2 Å². The Hall–Kier alpha value is -4.91. The van der Waals surface area contributed by atoms with Gasteiger partial charge < -0.3 is 22.1 Å². The number of carbonyl (C=O) groups is 3. The zero-order valence-corrected chi connectivity index (χ0v) is 18.8. The largest absolute Gasteiger partial charge is 0.397 e. The third-order valence-electron chi connectivity index (χ3n) is 5.50. The second-order valence-corrected chi connectivity index (χ2v) is 7.93. The summed E-state index contributed by atoms with van der Waals surface area (Å²) in [6, 6.07) is 30.1. The lowest BCUT2D eigenvalue weighted by atomic mass is 9.96. The predicted octanol–water partition coefficient (Wildman–Crippen LogP) is 4.40. The molecule has 0 spiro atoms. The van der Waals surface area contributed by atoms with E-state index in [1.165, 1.54) is 12.1 Å². The lowest BCUT2D eigenvalue weighted by molar-refractivity contribution is -0.127. The number of amides is 3. The van der Waals surface area contributed by atoms with E-state index in [9.17, 15) is 14.4 Å². The second-order valence-electron chi connectivity index (χ2n) is 7.93. The fraction of sp³-hybridized carbons (Fsp3) is 0.0357. The van der Waals surface area contributed by atoms with Gasteiger partial charge in [-0.25, -0.2) is 0 Å². The summed E-state index contributed by atoms with van der Waals surface area (Å²) >= 11 is 0. The van der Waals surface area contributed by atoms with Gasteiger partial charge in [-0.2, -0.15) is 0 Å². The Labute approximate surface area is 202 Å². The third kappa shape index (κ3) is 5.54. The molecule has 0 aliphatic heterocycles. The Bertz CT molecular complexity index is 1350. The van der Waals surface area contributed by atoms with Crippen LogP contribution < -0.4 is 22.1 Å². The van der Waals surface area contributed by atoms with Crippen LogP contribution in [0.1, 0.15) is 21.8 Å². The average Bonchev–Trinajstić information content (AvgIpc) is 2.87. The predicted molar refractivity (Wildman–Crippen MR) is 138 cm³/mol. The van der Waals surface area contributed by atoms with E-state index in [1.54, 1.807) is 42.5 Å². The van der Waals surface area contributed by atoms with Gasteiger partial charge >= 0.3 is 0 Å². The molecule has 0 aromatic heterocycles. The van der Waals surface area contributed by atoms with Crippen LogP contribution in [0, 0.1) is 0 Å². The van der Waals surface area contributed by atoms with Crippen LogP contribution in [0.5, 0.6) is 0 Å². The summed E-state index contributed by atoms with van der Waals surface area (Å²) in [5.41, 5.74) is 15.7. The molecule has 4 aromatic carbocycles. The molecular formula is C28H24N4O3. The van der Waals surface area contributed by atoms with Gasteiger partial charge in [-0.1, -0.05) is 66.7 Å². The highest BCUT2D eigenvalue weighted by Crippen LogP contribution is 2.28. The molecular weight excluding hydrogens is 440 g/mol. The maximum atomic E-state index is 12.9. The van der Waals surface area contributed by atoms with Crippen LogP contribution in [-0.4, -0.2) is 17.7 Å². The number of primary amides is 1. The van der Waals surface area contributed by atoms with Crippen molar-refractivity contribution in [1.82, 2.24) is 0 Å². The summed E-state index contributed by atoms with van der Waals surface area (Å²) in [6.45, 7) is 0. The van der Waals surface area contributed by atoms with Gasteiger partial charge in [-0.15, -0.1) is 0 Å². The summed E-state index contributed by atoms with van der Waals surface area (Å²) in [4.78, 5) is 37.6. The number of nitrogens with one attached hydrogen (secondary N) is 2. The lowest BCUT2D eigenvalue weighted by Gasteiger charge is -2.15. The van der Waals surface area contributed by atoms with Crippen LogP contribution in [-0.2, 0) is 9.59 Å². The highest BCUT2D eigenvalue weighted by atomic mass is 16.2. The number of nitrogen functional groups attached to an aromatic ring is 1. The number of anilines is 3. The fourth-order valence-corrected chi connectivity index (χ4v) is 3.68. The van der Waals surface area contributed by atoms with E-state index in [0.717, 1.165) is 11.1 Å². The Morgan fingerprint density at radius 3 is 1.94 bits per heavy atom. The Morgan fingerprint density at radius 1 is 0.686 bits per heavy atom. The Kier molecular flexibility index (Phi) is 6.88. The molecule has 0 radical (unpaired) electrons. The van der Waals surface area contributed by atoms with Gasteiger partial charge in [-0.3, -0.25) is 14.4 Å². The topological polar surface area (TPSA) is 127 Å². The number of hydrogen-bond acceptors (Lipinski definition) is 4. The molecule has 174 valence electrons. The molecule has 1 atom stereocenters. The summed E-state index contributed by atoms with van der Waals surface area (Å²) in [6.07, 6.45) is 0. The molecule has 4 aromatic rings. The summed E-state index contributed by atoms with van der Waals surface area (Å²) < 4.78 is 0. The van der Waals surface area contributed by atoms with Crippen LogP contribution >= 0.6 is 0 Å². The van der Waals surface area contributed by atoms with Crippen LogP contribution in [0.2, 0.25) is 0 Å². The van der Waals surface area contributed by atoms with Crippen molar-refractivity contribution in [2.75, 3.05) is 16.4 Å². The van der Waals surface area contributed by atoms with Gasteiger partial charge in [0.1, 0.15) is 5.92 Å². The number of benzene rings is 4.